The molecule has 1 aromatic rings. The van der Waals surface area contributed by atoms with Crippen LogP contribution in [0.25, 0.3) is 0 Å². The number of hydrogen-bond acceptors (Lipinski definition) is 1. The molecule has 11 heavy (non-hydrogen) atoms. The van der Waals surface area contributed by atoms with E-state index in [0.29, 0.717) is 4.83 Å². The molecular formula is C9H10BrN. The van der Waals surface area contributed by atoms with Crippen LogP contribution >= 0.6 is 15.9 Å². The Hall–Kier alpha value is -0.370. The summed E-state index contributed by atoms with van der Waals surface area (Å²) in [5.74, 6) is 0. The van der Waals surface area contributed by atoms with Gasteiger partial charge in [0.25, 0.3) is 0 Å². The summed E-state index contributed by atoms with van der Waals surface area (Å²) in [6.07, 6.45) is 7.61. The zero-order valence-electron chi connectivity index (χ0n) is 6.26. The molecule has 58 valence electrons. The standard InChI is InChI=1S/C9H10BrN/c10-9-3-1-2-7-6-11-5-4-8(7)9/h4-6,9H,1-3H2/t9-/m0/s1. The first-order valence-electron chi connectivity index (χ1n) is 3.95. The average Bonchev–Trinajstić information content (AvgIpc) is 2.06. The minimum atomic E-state index is 0.564. The summed E-state index contributed by atoms with van der Waals surface area (Å²) in [6.45, 7) is 0. The van der Waals surface area contributed by atoms with Gasteiger partial charge in [0.1, 0.15) is 0 Å². The van der Waals surface area contributed by atoms with Gasteiger partial charge >= 0.3 is 0 Å². The first-order valence-corrected chi connectivity index (χ1v) is 4.86. The number of pyridine rings is 1. The molecule has 1 nitrogen and oxygen atoms in total. The molecule has 1 heterocycles. The Bertz CT molecular complexity index is 259. The molecule has 2 heteroatoms. The summed E-state index contributed by atoms with van der Waals surface area (Å²) in [4.78, 5) is 4.68. The monoisotopic (exact) mass is 211 g/mol. The highest BCUT2D eigenvalue weighted by atomic mass is 79.9. The quantitative estimate of drug-likeness (QED) is 0.602. The molecule has 2 rings (SSSR count). The van der Waals surface area contributed by atoms with Gasteiger partial charge < -0.3 is 0 Å². The fourth-order valence-corrected chi connectivity index (χ4v) is 2.35. The van der Waals surface area contributed by atoms with Crippen molar-refractivity contribution in [2.45, 2.75) is 24.1 Å². The first kappa shape index (κ1) is 7.29. The third-order valence-electron chi connectivity index (χ3n) is 2.18. The van der Waals surface area contributed by atoms with Crippen molar-refractivity contribution in [3.63, 3.8) is 0 Å². The number of nitrogens with zero attached hydrogens (tertiary/aromatic N) is 1. The largest absolute Gasteiger partial charge is 0.264 e. The topological polar surface area (TPSA) is 12.9 Å². The summed E-state index contributed by atoms with van der Waals surface area (Å²) in [7, 11) is 0. The zero-order valence-corrected chi connectivity index (χ0v) is 7.84. The molecule has 0 bridgehead atoms. The van der Waals surface area contributed by atoms with Crippen LogP contribution in [-0.2, 0) is 6.42 Å². The second-order valence-electron chi connectivity index (χ2n) is 2.93. The first-order chi connectivity index (χ1) is 5.38. The lowest BCUT2D eigenvalue weighted by Crippen LogP contribution is -2.04. The lowest BCUT2D eigenvalue weighted by atomic mass is 9.94. The molecule has 0 saturated carbocycles. The van der Waals surface area contributed by atoms with Crippen molar-refractivity contribution in [1.82, 2.24) is 4.98 Å². The molecule has 0 fully saturated rings. The van der Waals surface area contributed by atoms with Crippen LogP contribution in [-0.4, -0.2) is 4.98 Å². The lowest BCUT2D eigenvalue weighted by Gasteiger charge is -2.19. The van der Waals surface area contributed by atoms with Crippen LogP contribution in [0.1, 0.15) is 28.8 Å². The molecular weight excluding hydrogens is 202 g/mol. The van der Waals surface area contributed by atoms with Crippen molar-refractivity contribution in [3.05, 3.63) is 29.6 Å². The van der Waals surface area contributed by atoms with Crippen molar-refractivity contribution < 1.29 is 0 Å². The molecule has 1 atom stereocenters. The Labute approximate surface area is 75.0 Å². The number of fused-ring (bicyclic) bond motifs is 1. The van der Waals surface area contributed by atoms with E-state index in [4.69, 9.17) is 0 Å². The Balaban J connectivity index is 2.44. The van der Waals surface area contributed by atoms with Gasteiger partial charge in [0.2, 0.25) is 0 Å². The smallest absolute Gasteiger partial charge is 0.0399 e. The molecule has 0 amide bonds. The number of aromatic nitrogens is 1. The summed E-state index contributed by atoms with van der Waals surface area (Å²) >= 11 is 3.66. The zero-order chi connectivity index (χ0) is 7.68. The maximum atomic E-state index is 4.11. The van der Waals surface area contributed by atoms with E-state index < -0.39 is 0 Å². The molecule has 1 aliphatic rings. The van der Waals surface area contributed by atoms with Gasteiger partial charge in [-0.2, -0.15) is 0 Å². The highest BCUT2D eigenvalue weighted by Crippen LogP contribution is 2.34. The van der Waals surface area contributed by atoms with Crippen molar-refractivity contribution in [3.8, 4) is 0 Å². The van der Waals surface area contributed by atoms with Crippen molar-refractivity contribution in [2.24, 2.45) is 0 Å². The molecule has 0 unspecified atom stereocenters. The van der Waals surface area contributed by atoms with Crippen LogP contribution in [0, 0.1) is 0 Å². The molecule has 0 saturated heterocycles. The Morgan fingerprint density at radius 1 is 1.55 bits per heavy atom. The van der Waals surface area contributed by atoms with Gasteiger partial charge in [-0.25, -0.2) is 0 Å². The van der Waals surface area contributed by atoms with Crippen molar-refractivity contribution in [2.75, 3.05) is 0 Å². The number of halogens is 1. The third-order valence-corrected chi connectivity index (χ3v) is 3.13. The van der Waals surface area contributed by atoms with Crippen LogP contribution in [0.15, 0.2) is 18.5 Å². The van der Waals surface area contributed by atoms with E-state index in [1.807, 2.05) is 12.4 Å². The molecule has 0 aromatic carbocycles. The van der Waals surface area contributed by atoms with Gasteiger partial charge in [0.05, 0.1) is 0 Å². The van der Waals surface area contributed by atoms with Crippen LogP contribution in [0.3, 0.4) is 0 Å². The SMILES string of the molecule is Br[C@H]1CCCc2cnccc21. The highest BCUT2D eigenvalue weighted by molar-refractivity contribution is 9.09. The second-order valence-corrected chi connectivity index (χ2v) is 4.04. The maximum absolute atomic E-state index is 4.11. The predicted molar refractivity (Wildman–Crippen MR) is 48.8 cm³/mol. The van der Waals surface area contributed by atoms with E-state index in [0.717, 1.165) is 0 Å². The Morgan fingerprint density at radius 3 is 3.27 bits per heavy atom. The van der Waals surface area contributed by atoms with E-state index in [1.165, 1.54) is 30.4 Å². The van der Waals surface area contributed by atoms with E-state index in [1.54, 1.807) is 0 Å². The molecule has 1 aliphatic carbocycles. The predicted octanol–water partition coefficient (Wildman–Crippen LogP) is 2.85. The average molecular weight is 212 g/mol. The Morgan fingerprint density at radius 2 is 2.45 bits per heavy atom. The fourth-order valence-electron chi connectivity index (χ4n) is 1.58. The van der Waals surface area contributed by atoms with Crippen molar-refractivity contribution in [1.29, 1.82) is 0 Å². The maximum Gasteiger partial charge on any atom is 0.0399 e. The van der Waals surface area contributed by atoms with E-state index in [9.17, 15) is 0 Å². The minimum Gasteiger partial charge on any atom is -0.264 e. The fraction of sp³-hybridized carbons (Fsp3) is 0.444. The number of rotatable bonds is 0. The van der Waals surface area contributed by atoms with Gasteiger partial charge in [-0.05, 0) is 36.5 Å². The van der Waals surface area contributed by atoms with Crippen LogP contribution in [0.2, 0.25) is 0 Å². The number of aryl methyl sites for hydroxylation is 1. The number of alkyl halides is 1. The van der Waals surface area contributed by atoms with Gasteiger partial charge in [-0.1, -0.05) is 15.9 Å². The van der Waals surface area contributed by atoms with E-state index in [-0.39, 0.29) is 0 Å². The van der Waals surface area contributed by atoms with Crippen LogP contribution in [0.5, 0.6) is 0 Å². The van der Waals surface area contributed by atoms with E-state index >= 15 is 0 Å². The number of hydrogen-bond donors (Lipinski definition) is 0. The summed E-state index contributed by atoms with van der Waals surface area (Å²) in [6, 6.07) is 2.12. The Kier molecular flexibility index (Phi) is 1.95. The normalized spacial score (nSPS) is 22.8. The van der Waals surface area contributed by atoms with Gasteiger partial charge in [0.15, 0.2) is 0 Å². The second kappa shape index (κ2) is 2.94. The van der Waals surface area contributed by atoms with Crippen molar-refractivity contribution >= 4 is 15.9 Å². The molecule has 0 N–H and O–H groups in total. The lowest BCUT2D eigenvalue weighted by molar-refractivity contribution is 0.677. The van der Waals surface area contributed by atoms with Crippen LogP contribution < -0.4 is 0 Å². The summed E-state index contributed by atoms with van der Waals surface area (Å²) in [5, 5.41) is 0. The molecule has 0 spiro atoms. The third kappa shape index (κ3) is 1.32. The molecule has 0 aliphatic heterocycles. The minimum absolute atomic E-state index is 0.564. The highest BCUT2D eigenvalue weighted by Gasteiger charge is 2.16. The molecule has 1 aromatic heterocycles. The van der Waals surface area contributed by atoms with Gasteiger partial charge in [-0.15, -0.1) is 0 Å². The van der Waals surface area contributed by atoms with Gasteiger partial charge in [0, 0.05) is 17.2 Å². The summed E-state index contributed by atoms with van der Waals surface area (Å²) in [5.41, 5.74) is 2.85. The van der Waals surface area contributed by atoms with E-state index in [2.05, 4.69) is 27.0 Å². The summed E-state index contributed by atoms with van der Waals surface area (Å²) < 4.78 is 0. The van der Waals surface area contributed by atoms with Crippen LogP contribution in [0.4, 0.5) is 0 Å². The van der Waals surface area contributed by atoms with Gasteiger partial charge in [-0.3, -0.25) is 4.98 Å². The molecule has 0 radical (unpaired) electrons.